The summed E-state index contributed by atoms with van der Waals surface area (Å²) < 4.78 is 1.79. The third kappa shape index (κ3) is 2.46. The minimum absolute atomic E-state index is 0.0863. The van der Waals surface area contributed by atoms with Gasteiger partial charge in [-0.2, -0.15) is 5.10 Å². The number of nitrogens with two attached hydrogens (primary N) is 1. The molecule has 1 aromatic carbocycles. The lowest BCUT2D eigenvalue weighted by Crippen LogP contribution is -2.21. The first-order valence-electron chi connectivity index (χ1n) is 6.24. The molecule has 18 heavy (non-hydrogen) atoms. The molecule has 2 rings (SSSR count). The van der Waals surface area contributed by atoms with E-state index in [1.54, 1.807) is 4.68 Å². The largest absolute Gasteiger partial charge is 0.319 e. The highest BCUT2D eigenvalue weighted by Gasteiger charge is 2.22. The maximum absolute atomic E-state index is 6.35. The number of aryl methyl sites for hydroxylation is 1. The molecule has 0 fully saturated rings. The Kier molecular flexibility index (Phi) is 3.26. The van der Waals surface area contributed by atoms with Crippen molar-refractivity contribution < 1.29 is 0 Å². The highest BCUT2D eigenvalue weighted by Crippen LogP contribution is 2.30. The zero-order valence-electron chi connectivity index (χ0n) is 11.5. The van der Waals surface area contributed by atoms with Crippen LogP contribution in [-0.2, 0) is 12.5 Å². The van der Waals surface area contributed by atoms with Crippen molar-refractivity contribution in [3.05, 3.63) is 53.3 Å². The van der Waals surface area contributed by atoms with Crippen molar-refractivity contribution in [3.8, 4) is 0 Å². The fraction of sp³-hybridized carbons (Fsp3) is 0.400. The van der Waals surface area contributed by atoms with E-state index >= 15 is 0 Å². The number of hydrogen-bond donors (Lipinski definition) is 1. The molecule has 1 atom stereocenters. The van der Waals surface area contributed by atoms with Gasteiger partial charge in [0.2, 0.25) is 0 Å². The van der Waals surface area contributed by atoms with Crippen LogP contribution in [0.25, 0.3) is 0 Å². The van der Waals surface area contributed by atoms with Gasteiger partial charge in [0.1, 0.15) is 0 Å². The van der Waals surface area contributed by atoms with Gasteiger partial charge >= 0.3 is 0 Å². The maximum atomic E-state index is 6.35. The zero-order chi connectivity index (χ0) is 13.3. The Morgan fingerprint density at radius 2 is 1.83 bits per heavy atom. The van der Waals surface area contributed by atoms with Crippen LogP contribution in [0.15, 0.2) is 36.5 Å². The summed E-state index contributed by atoms with van der Waals surface area (Å²) in [6, 6.07) is 10.2. The van der Waals surface area contributed by atoms with E-state index in [2.05, 4.69) is 44.1 Å². The lowest BCUT2D eigenvalue weighted by Gasteiger charge is -2.25. The summed E-state index contributed by atoms with van der Waals surface area (Å²) >= 11 is 0. The third-order valence-electron chi connectivity index (χ3n) is 3.16. The van der Waals surface area contributed by atoms with Crippen molar-refractivity contribution in [2.45, 2.75) is 32.2 Å². The molecule has 2 N–H and O–H groups in total. The van der Waals surface area contributed by atoms with Crippen LogP contribution in [-0.4, -0.2) is 9.78 Å². The van der Waals surface area contributed by atoms with Crippen LogP contribution in [0.3, 0.4) is 0 Å². The van der Waals surface area contributed by atoms with Crippen LogP contribution in [0.5, 0.6) is 0 Å². The molecule has 3 heteroatoms. The van der Waals surface area contributed by atoms with E-state index in [0.717, 1.165) is 11.3 Å². The van der Waals surface area contributed by atoms with Gasteiger partial charge in [-0.3, -0.25) is 4.68 Å². The second-order valence-corrected chi connectivity index (χ2v) is 5.73. The molecule has 0 amide bonds. The van der Waals surface area contributed by atoms with Gasteiger partial charge in [0.25, 0.3) is 0 Å². The summed E-state index contributed by atoms with van der Waals surface area (Å²) in [7, 11) is 1.91. The maximum Gasteiger partial charge on any atom is 0.0837 e. The van der Waals surface area contributed by atoms with Crippen molar-refractivity contribution in [3.63, 3.8) is 0 Å². The molecule has 1 heterocycles. The fourth-order valence-corrected chi connectivity index (χ4v) is 2.21. The molecule has 0 aliphatic rings. The van der Waals surface area contributed by atoms with E-state index < -0.39 is 0 Å². The molecule has 96 valence electrons. The highest BCUT2D eigenvalue weighted by molar-refractivity contribution is 5.38. The lowest BCUT2D eigenvalue weighted by molar-refractivity contribution is 0.575. The molecule has 2 aromatic rings. The summed E-state index contributed by atoms with van der Waals surface area (Å²) in [6.07, 6.45) is 1.93. The van der Waals surface area contributed by atoms with Crippen molar-refractivity contribution in [1.82, 2.24) is 9.78 Å². The first-order valence-corrected chi connectivity index (χ1v) is 6.24. The van der Waals surface area contributed by atoms with Crippen LogP contribution in [0, 0.1) is 0 Å². The smallest absolute Gasteiger partial charge is 0.0837 e. The van der Waals surface area contributed by atoms with Crippen molar-refractivity contribution in [2.75, 3.05) is 0 Å². The van der Waals surface area contributed by atoms with Crippen LogP contribution in [0.2, 0.25) is 0 Å². The van der Waals surface area contributed by atoms with E-state index in [9.17, 15) is 0 Å². The third-order valence-corrected chi connectivity index (χ3v) is 3.16. The van der Waals surface area contributed by atoms with Gasteiger partial charge in [-0.25, -0.2) is 0 Å². The van der Waals surface area contributed by atoms with E-state index in [4.69, 9.17) is 5.73 Å². The molecule has 1 unspecified atom stereocenters. The van der Waals surface area contributed by atoms with E-state index in [-0.39, 0.29) is 11.5 Å². The molecule has 0 bridgehead atoms. The molecule has 3 nitrogen and oxygen atoms in total. The quantitative estimate of drug-likeness (QED) is 0.881. The SMILES string of the molecule is Cn1ccc(C(N)c2ccccc2C(C)(C)C)n1. The van der Waals surface area contributed by atoms with E-state index in [1.807, 2.05) is 25.4 Å². The summed E-state index contributed by atoms with van der Waals surface area (Å²) in [5, 5.41) is 4.40. The number of benzene rings is 1. The van der Waals surface area contributed by atoms with Gasteiger partial charge in [0.05, 0.1) is 11.7 Å². The standard InChI is InChI=1S/C15H21N3/c1-15(2,3)12-8-6-5-7-11(12)14(16)13-9-10-18(4)17-13/h5-10,14H,16H2,1-4H3. The van der Waals surface area contributed by atoms with Crippen molar-refractivity contribution in [2.24, 2.45) is 12.8 Å². The number of hydrogen-bond acceptors (Lipinski definition) is 2. The number of aromatic nitrogens is 2. The van der Waals surface area contributed by atoms with Gasteiger partial charge in [-0.1, -0.05) is 45.0 Å². The molecular formula is C15H21N3. The zero-order valence-corrected chi connectivity index (χ0v) is 11.5. The van der Waals surface area contributed by atoms with Crippen LogP contribution in [0.4, 0.5) is 0 Å². The summed E-state index contributed by atoms with van der Waals surface area (Å²) in [6.45, 7) is 6.62. The summed E-state index contributed by atoms with van der Waals surface area (Å²) in [5.74, 6) is 0. The Morgan fingerprint density at radius 3 is 2.39 bits per heavy atom. The van der Waals surface area contributed by atoms with Crippen molar-refractivity contribution in [1.29, 1.82) is 0 Å². The Morgan fingerprint density at radius 1 is 1.17 bits per heavy atom. The second kappa shape index (κ2) is 4.58. The molecule has 0 aliphatic heterocycles. The van der Waals surface area contributed by atoms with Gasteiger partial charge in [0, 0.05) is 13.2 Å². The van der Waals surface area contributed by atoms with E-state index in [1.165, 1.54) is 5.56 Å². The monoisotopic (exact) mass is 243 g/mol. The second-order valence-electron chi connectivity index (χ2n) is 5.73. The fourth-order valence-electron chi connectivity index (χ4n) is 2.21. The van der Waals surface area contributed by atoms with Crippen LogP contribution >= 0.6 is 0 Å². The van der Waals surface area contributed by atoms with Crippen LogP contribution in [0.1, 0.15) is 43.6 Å². The Labute approximate surface area is 109 Å². The highest BCUT2D eigenvalue weighted by atomic mass is 15.3. The Balaban J connectivity index is 2.45. The van der Waals surface area contributed by atoms with Gasteiger partial charge < -0.3 is 5.73 Å². The van der Waals surface area contributed by atoms with E-state index in [0.29, 0.717) is 0 Å². The predicted molar refractivity (Wildman–Crippen MR) is 74.4 cm³/mol. The Hall–Kier alpha value is -1.61. The normalized spacial score (nSPS) is 13.6. The first-order chi connectivity index (χ1) is 8.39. The molecule has 0 radical (unpaired) electrons. The molecule has 1 aromatic heterocycles. The van der Waals surface area contributed by atoms with Crippen molar-refractivity contribution >= 4 is 0 Å². The molecule has 0 aliphatic carbocycles. The van der Waals surface area contributed by atoms with Crippen LogP contribution < -0.4 is 5.73 Å². The molecular weight excluding hydrogens is 222 g/mol. The summed E-state index contributed by atoms with van der Waals surface area (Å²) in [4.78, 5) is 0. The lowest BCUT2D eigenvalue weighted by atomic mass is 9.81. The molecule has 0 spiro atoms. The average Bonchev–Trinajstić information content (AvgIpc) is 2.74. The minimum atomic E-state index is -0.165. The predicted octanol–water partition coefficient (Wildman–Crippen LogP) is 2.77. The number of nitrogens with zero attached hydrogens (tertiary/aromatic N) is 2. The first kappa shape index (κ1) is 12.8. The van der Waals surface area contributed by atoms with Gasteiger partial charge in [0.15, 0.2) is 0 Å². The Bertz CT molecular complexity index is 535. The molecule has 0 saturated carbocycles. The van der Waals surface area contributed by atoms with Gasteiger partial charge in [-0.05, 0) is 22.6 Å². The topological polar surface area (TPSA) is 43.8 Å². The average molecular weight is 243 g/mol. The minimum Gasteiger partial charge on any atom is -0.319 e. The summed E-state index contributed by atoms with van der Waals surface area (Å²) in [5.41, 5.74) is 9.79. The van der Waals surface area contributed by atoms with Gasteiger partial charge in [-0.15, -0.1) is 0 Å². The number of rotatable bonds is 2. The molecule has 0 saturated heterocycles.